The summed E-state index contributed by atoms with van der Waals surface area (Å²) in [5.74, 6) is 0. The van der Waals surface area contributed by atoms with Crippen molar-refractivity contribution in [3.05, 3.63) is 77.1 Å². The van der Waals surface area contributed by atoms with Gasteiger partial charge >= 0.3 is 0 Å². The second kappa shape index (κ2) is 4.72. The molecule has 0 unspecified atom stereocenters. The van der Waals surface area contributed by atoms with Crippen LogP contribution in [0.4, 0.5) is 0 Å². The molecule has 0 amide bonds. The first-order valence-corrected chi connectivity index (χ1v) is 6.97. The van der Waals surface area contributed by atoms with Crippen LogP contribution in [0.25, 0.3) is 0 Å². The summed E-state index contributed by atoms with van der Waals surface area (Å²) in [4.78, 5) is 4.09. The fourth-order valence-corrected chi connectivity index (χ4v) is 2.70. The zero-order chi connectivity index (χ0) is 14.2. The third-order valence-corrected chi connectivity index (χ3v) is 3.78. The Morgan fingerprint density at radius 2 is 1.50 bits per heavy atom. The normalized spacial score (nSPS) is 23.9. The Balaban J connectivity index is 2.15. The maximum absolute atomic E-state index is 6.37. The van der Waals surface area contributed by atoms with Crippen LogP contribution >= 0.6 is 11.6 Å². The molecule has 3 heteroatoms. The van der Waals surface area contributed by atoms with Crippen molar-refractivity contribution in [2.45, 2.75) is 25.0 Å². The Morgan fingerprint density at radius 3 is 2.05 bits per heavy atom. The molecule has 1 atom stereocenters. The van der Waals surface area contributed by atoms with E-state index < -0.39 is 5.60 Å². The van der Waals surface area contributed by atoms with Crippen molar-refractivity contribution in [2.24, 2.45) is 0 Å². The van der Waals surface area contributed by atoms with Crippen molar-refractivity contribution in [3.63, 3.8) is 0 Å². The first kappa shape index (κ1) is 13.3. The highest BCUT2D eigenvalue weighted by molar-refractivity contribution is 6.30. The van der Waals surface area contributed by atoms with E-state index in [0.717, 1.165) is 16.1 Å². The highest BCUT2D eigenvalue weighted by atomic mass is 35.5. The quantitative estimate of drug-likeness (QED) is 0.766. The molecule has 3 rings (SSSR count). The number of pyridine rings is 1. The lowest BCUT2D eigenvalue weighted by Crippen LogP contribution is -2.32. The molecule has 1 aromatic heterocycles. The standard InChI is InChI=1S/C17H16ClNO/c1-16(2)9-10-17(20-16,14-7-11-19-12-8-14)13-3-5-15(18)6-4-13/h3-12H,1-2H3/t17-/m1/s1. The highest BCUT2D eigenvalue weighted by Crippen LogP contribution is 2.43. The lowest BCUT2D eigenvalue weighted by Gasteiger charge is -2.33. The summed E-state index contributed by atoms with van der Waals surface area (Å²) in [5, 5.41) is 0.722. The SMILES string of the molecule is CC1(C)C=C[C@](c2ccncc2)(c2ccc(Cl)cc2)O1. The van der Waals surface area contributed by atoms with Gasteiger partial charge in [0.1, 0.15) is 5.60 Å². The summed E-state index contributed by atoms with van der Waals surface area (Å²) >= 11 is 6.00. The second-order valence-electron chi connectivity index (χ2n) is 5.52. The molecular weight excluding hydrogens is 270 g/mol. The molecule has 0 bridgehead atoms. The molecule has 1 aliphatic heterocycles. The van der Waals surface area contributed by atoms with Gasteiger partial charge in [0, 0.05) is 17.4 Å². The summed E-state index contributed by atoms with van der Waals surface area (Å²) < 4.78 is 6.37. The number of benzene rings is 1. The van der Waals surface area contributed by atoms with Gasteiger partial charge in [0.2, 0.25) is 0 Å². The van der Waals surface area contributed by atoms with Crippen molar-refractivity contribution < 1.29 is 4.74 Å². The van der Waals surface area contributed by atoms with Crippen molar-refractivity contribution >= 4 is 11.6 Å². The third kappa shape index (κ3) is 2.26. The van der Waals surface area contributed by atoms with Crippen molar-refractivity contribution in [1.29, 1.82) is 0 Å². The molecule has 2 nitrogen and oxygen atoms in total. The molecule has 1 aromatic carbocycles. The number of rotatable bonds is 2. The molecule has 2 aromatic rings. The van der Waals surface area contributed by atoms with Crippen LogP contribution in [0.5, 0.6) is 0 Å². The van der Waals surface area contributed by atoms with E-state index in [9.17, 15) is 0 Å². The molecule has 0 aliphatic carbocycles. The minimum atomic E-state index is -0.572. The van der Waals surface area contributed by atoms with Crippen LogP contribution in [0.15, 0.2) is 60.9 Å². The van der Waals surface area contributed by atoms with Crippen LogP contribution in [0.1, 0.15) is 25.0 Å². The molecule has 0 radical (unpaired) electrons. The lowest BCUT2D eigenvalue weighted by atomic mass is 9.87. The number of hydrogen-bond acceptors (Lipinski definition) is 2. The minimum Gasteiger partial charge on any atom is -0.352 e. The Kier molecular flexibility index (Phi) is 3.15. The molecular formula is C17H16ClNO. The Morgan fingerprint density at radius 1 is 0.900 bits per heavy atom. The molecule has 20 heavy (non-hydrogen) atoms. The van der Waals surface area contributed by atoms with Crippen LogP contribution < -0.4 is 0 Å². The van der Waals surface area contributed by atoms with Gasteiger partial charge < -0.3 is 4.74 Å². The Labute approximate surface area is 124 Å². The lowest BCUT2D eigenvalue weighted by molar-refractivity contribution is -0.0499. The zero-order valence-electron chi connectivity index (χ0n) is 11.5. The van der Waals surface area contributed by atoms with Crippen molar-refractivity contribution in [2.75, 3.05) is 0 Å². The molecule has 1 aliphatic rings. The van der Waals surface area contributed by atoms with E-state index in [1.807, 2.05) is 36.4 Å². The van der Waals surface area contributed by atoms with Crippen LogP contribution in [-0.2, 0) is 10.3 Å². The van der Waals surface area contributed by atoms with E-state index >= 15 is 0 Å². The number of aromatic nitrogens is 1. The molecule has 0 fully saturated rings. The van der Waals surface area contributed by atoms with E-state index in [1.165, 1.54) is 0 Å². The van der Waals surface area contributed by atoms with Crippen LogP contribution in [0.3, 0.4) is 0 Å². The fourth-order valence-electron chi connectivity index (χ4n) is 2.57. The molecule has 0 spiro atoms. The van der Waals surface area contributed by atoms with Crippen molar-refractivity contribution in [3.8, 4) is 0 Å². The highest BCUT2D eigenvalue weighted by Gasteiger charge is 2.42. The van der Waals surface area contributed by atoms with Gasteiger partial charge in [-0.1, -0.05) is 29.8 Å². The maximum atomic E-state index is 6.37. The average Bonchev–Trinajstić information content (AvgIpc) is 2.78. The summed E-state index contributed by atoms with van der Waals surface area (Å²) in [7, 11) is 0. The first-order valence-electron chi connectivity index (χ1n) is 6.59. The number of nitrogens with zero attached hydrogens (tertiary/aromatic N) is 1. The number of hydrogen-bond donors (Lipinski definition) is 0. The number of halogens is 1. The van der Waals surface area contributed by atoms with E-state index in [-0.39, 0.29) is 5.60 Å². The summed E-state index contributed by atoms with van der Waals surface area (Å²) in [6.45, 7) is 4.12. The summed E-state index contributed by atoms with van der Waals surface area (Å²) in [5.41, 5.74) is 1.26. The predicted molar refractivity (Wildman–Crippen MR) is 80.8 cm³/mol. The molecule has 0 saturated carbocycles. The molecule has 102 valence electrons. The van der Waals surface area contributed by atoms with Crippen LogP contribution in [-0.4, -0.2) is 10.6 Å². The van der Waals surface area contributed by atoms with E-state index in [1.54, 1.807) is 12.4 Å². The largest absolute Gasteiger partial charge is 0.352 e. The van der Waals surface area contributed by atoms with Gasteiger partial charge in [0.05, 0.1) is 5.60 Å². The topological polar surface area (TPSA) is 22.1 Å². The number of ether oxygens (including phenoxy) is 1. The van der Waals surface area contributed by atoms with E-state index in [0.29, 0.717) is 0 Å². The molecule has 0 saturated heterocycles. The van der Waals surface area contributed by atoms with Gasteiger partial charge in [-0.05, 0) is 55.3 Å². The first-order chi connectivity index (χ1) is 9.52. The van der Waals surface area contributed by atoms with Gasteiger partial charge in [0.15, 0.2) is 0 Å². The third-order valence-electron chi connectivity index (χ3n) is 3.53. The van der Waals surface area contributed by atoms with Gasteiger partial charge in [-0.2, -0.15) is 0 Å². The predicted octanol–water partition coefficient (Wildman–Crippen LogP) is 4.34. The van der Waals surface area contributed by atoms with Gasteiger partial charge in [-0.25, -0.2) is 0 Å². The molecule has 0 N–H and O–H groups in total. The second-order valence-corrected chi connectivity index (χ2v) is 5.95. The van der Waals surface area contributed by atoms with Gasteiger partial charge in [-0.15, -0.1) is 0 Å². The average molecular weight is 286 g/mol. The Hall–Kier alpha value is -1.64. The zero-order valence-corrected chi connectivity index (χ0v) is 12.3. The van der Waals surface area contributed by atoms with Gasteiger partial charge in [-0.3, -0.25) is 4.98 Å². The summed E-state index contributed by atoms with van der Waals surface area (Å²) in [6.07, 6.45) is 7.79. The summed E-state index contributed by atoms with van der Waals surface area (Å²) in [6, 6.07) is 11.8. The van der Waals surface area contributed by atoms with Crippen LogP contribution in [0.2, 0.25) is 5.02 Å². The van der Waals surface area contributed by atoms with E-state index in [4.69, 9.17) is 16.3 Å². The monoisotopic (exact) mass is 285 g/mol. The Bertz CT molecular complexity index is 634. The van der Waals surface area contributed by atoms with Crippen molar-refractivity contribution in [1.82, 2.24) is 4.98 Å². The maximum Gasteiger partial charge on any atom is 0.138 e. The smallest absolute Gasteiger partial charge is 0.138 e. The van der Waals surface area contributed by atoms with Crippen LogP contribution in [0, 0.1) is 0 Å². The van der Waals surface area contributed by atoms with Gasteiger partial charge in [0.25, 0.3) is 0 Å². The fraction of sp³-hybridized carbons (Fsp3) is 0.235. The molecule has 2 heterocycles. The minimum absolute atomic E-state index is 0.303. The van der Waals surface area contributed by atoms with E-state index in [2.05, 4.69) is 31.0 Å².